The second kappa shape index (κ2) is 9.01. The van der Waals surface area contributed by atoms with Gasteiger partial charge >= 0.3 is 0 Å². The van der Waals surface area contributed by atoms with Crippen molar-refractivity contribution in [3.05, 3.63) is 35.6 Å². The van der Waals surface area contributed by atoms with Gasteiger partial charge in [0, 0.05) is 31.1 Å². The lowest BCUT2D eigenvalue weighted by atomic mass is 9.97. The highest BCUT2D eigenvalue weighted by molar-refractivity contribution is 5.99. The minimum atomic E-state index is -0.230. The van der Waals surface area contributed by atoms with E-state index in [1.807, 2.05) is 24.3 Å². The van der Waals surface area contributed by atoms with Gasteiger partial charge < -0.3 is 25.1 Å². The molecule has 1 aliphatic rings. The van der Waals surface area contributed by atoms with E-state index in [0.717, 1.165) is 43.3 Å². The quantitative estimate of drug-likeness (QED) is 0.689. The number of para-hydroxylation sites is 1. The van der Waals surface area contributed by atoms with Crippen molar-refractivity contribution in [2.45, 2.75) is 25.9 Å². The first-order valence-electron chi connectivity index (χ1n) is 9.39. The molecule has 2 amide bonds. The van der Waals surface area contributed by atoms with Crippen LogP contribution in [0.15, 0.2) is 28.7 Å². The zero-order valence-electron chi connectivity index (χ0n) is 15.7. The van der Waals surface area contributed by atoms with Gasteiger partial charge in [0.2, 0.25) is 5.91 Å². The van der Waals surface area contributed by atoms with Crippen molar-refractivity contribution in [2.24, 2.45) is 11.7 Å². The zero-order valence-corrected chi connectivity index (χ0v) is 15.7. The fourth-order valence-electron chi connectivity index (χ4n) is 3.65. The SMILES string of the molecule is COCc1c(C(=O)NCCCN2CCCC(C(N)=O)C2)oc2ccccc12. The van der Waals surface area contributed by atoms with E-state index in [1.54, 1.807) is 7.11 Å². The summed E-state index contributed by atoms with van der Waals surface area (Å²) in [5.74, 6) is -0.194. The number of nitrogens with two attached hydrogens (primary N) is 1. The molecule has 2 aromatic rings. The third-order valence-corrected chi connectivity index (χ3v) is 5.04. The van der Waals surface area contributed by atoms with E-state index in [4.69, 9.17) is 14.9 Å². The third kappa shape index (κ3) is 4.67. The number of piperidine rings is 1. The number of hydrogen-bond acceptors (Lipinski definition) is 5. The van der Waals surface area contributed by atoms with Crippen LogP contribution in [0.2, 0.25) is 0 Å². The smallest absolute Gasteiger partial charge is 0.287 e. The van der Waals surface area contributed by atoms with E-state index in [2.05, 4.69) is 10.2 Å². The number of likely N-dealkylation sites (tertiary alicyclic amines) is 1. The van der Waals surface area contributed by atoms with Crippen LogP contribution in [0.5, 0.6) is 0 Å². The van der Waals surface area contributed by atoms with Gasteiger partial charge in [0.05, 0.1) is 12.5 Å². The van der Waals surface area contributed by atoms with Gasteiger partial charge in [-0.25, -0.2) is 0 Å². The van der Waals surface area contributed by atoms with Crippen molar-refractivity contribution < 1.29 is 18.7 Å². The Kier molecular flexibility index (Phi) is 6.47. The van der Waals surface area contributed by atoms with Crippen molar-refractivity contribution in [1.29, 1.82) is 0 Å². The molecule has 0 spiro atoms. The molecule has 0 aliphatic carbocycles. The molecule has 1 aliphatic heterocycles. The number of methoxy groups -OCH3 is 1. The lowest BCUT2D eigenvalue weighted by molar-refractivity contribution is -0.123. The molecular formula is C20H27N3O4. The third-order valence-electron chi connectivity index (χ3n) is 5.04. The summed E-state index contributed by atoms with van der Waals surface area (Å²) in [4.78, 5) is 26.2. The number of nitrogens with one attached hydrogen (secondary N) is 1. The summed E-state index contributed by atoms with van der Waals surface area (Å²) in [7, 11) is 1.60. The molecule has 1 fully saturated rings. The number of amides is 2. The Morgan fingerprint density at radius 2 is 2.19 bits per heavy atom. The number of nitrogens with zero attached hydrogens (tertiary/aromatic N) is 1. The predicted molar refractivity (Wildman–Crippen MR) is 102 cm³/mol. The summed E-state index contributed by atoms with van der Waals surface area (Å²) in [6.45, 7) is 3.38. The van der Waals surface area contributed by atoms with Gasteiger partial charge in [-0.15, -0.1) is 0 Å². The summed E-state index contributed by atoms with van der Waals surface area (Å²) in [6, 6.07) is 7.56. The van der Waals surface area contributed by atoms with Crippen LogP contribution < -0.4 is 11.1 Å². The number of benzene rings is 1. The number of furan rings is 1. The van der Waals surface area contributed by atoms with E-state index in [9.17, 15) is 9.59 Å². The molecule has 1 aromatic carbocycles. The predicted octanol–water partition coefficient (Wildman–Crippen LogP) is 1.90. The zero-order chi connectivity index (χ0) is 19.2. The second-order valence-electron chi connectivity index (χ2n) is 6.99. The van der Waals surface area contributed by atoms with Crippen LogP contribution in [-0.2, 0) is 16.1 Å². The molecule has 1 saturated heterocycles. The van der Waals surface area contributed by atoms with Crippen LogP contribution in [0.25, 0.3) is 11.0 Å². The normalized spacial score (nSPS) is 17.9. The first-order chi connectivity index (χ1) is 13.1. The fraction of sp³-hybridized carbons (Fsp3) is 0.500. The molecular weight excluding hydrogens is 346 g/mol. The van der Waals surface area contributed by atoms with E-state index >= 15 is 0 Å². The van der Waals surface area contributed by atoms with Gasteiger partial charge in [0.1, 0.15) is 5.58 Å². The van der Waals surface area contributed by atoms with Crippen molar-refractivity contribution in [3.63, 3.8) is 0 Å². The van der Waals surface area contributed by atoms with Crippen LogP contribution in [0.3, 0.4) is 0 Å². The van der Waals surface area contributed by atoms with Gasteiger partial charge in [-0.2, -0.15) is 0 Å². The molecule has 3 rings (SSSR count). The van der Waals surface area contributed by atoms with Gasteiger partial charge in [0.15, 0.2) is 5.76 Å². The Balaban J connectivity index is 1.53. The highest BCUT2D eigenvalue weighted by atomic mass is 16.5. The van der Waals surface area contributed by atoms with Crippen molar-refractivity contribution in [1.82, 2.24) is 10.2 Å². The summed E-state index contributed by atoms with van der Waals surface area (Å²) in [5.41, 5.74) is 6.87. The molecule has 1 atom stereocenters. The molecule has 1 aromatic heterocycles. The van der Waals surface area contributed by atoms with Crippen LogP contribution >= 0.6 is 0 Å². The second-order valence-corrected chi connectivity index (χ2v) is 6.99. The fourth-order valence-corrected chi connectivity index (χ4v) is 3.65. The van der Waals surface area contributed by atoms with Crippen molar-refractivity contribution in [2.75, 3.05) is 33.3 Å². The highest BCUT2D eigenvalue weighted by Crippen LogP contribution is 2.26. The molecule has 0 radical (unpaired) electrons. The number of fused-ring (bicyclic) bond motifs is 1. The van der Waals surface area contributed by atoms with Gasteiger partial charge in [-0.3, -0.25) is 9.59 Å². The van der Waals surface area contributed by atoms with Crippen molar-refractivity contribution in [3.8, 4) is 0 Å². The largest absolute Gasteiger partial charge is 0.451 e. The highest BCUT2D eigenvalue weighted by Gasteiger charge is 2.24. The van der Waals surface area contributed by atoms with E-state index in [1.165, 1.54) is 0 Å². The topological polar surface area (TPSA) is 97.8 Å². The molecule has 0 bridgehead atoms. The van der Waals surface area contributed by atoms with Crippen LogP contribution in [-0.4, -0.2) is 50.0 Å². The average molecular weight is 373 g/mol. The van der Waals surface area contributed by atoms with Gasteiger partial charge in [-0.1, -0.05) is 18.2 Å². The Bertz CT molecular complexity index is 802. The Morgan fingerprint density at radius 3 is 2.96 bits per heavy atom. The lowest BCUT2D eigenvalue weighted by Gasteiger charge is -2.31. The summed E-state index contributed by atoms with van der Waals surface area (Å²) in [5, 5.41) is 3.82. The number of hydrogen-bond donors (Lipinski definition) is 2. The van der Waals surface area contributed by atoms with Gasteiger partial charge in [-0.05, 0) is 38.4 Å². The Labute approximate surface area is 158 Å². The van der Waals surface area contributed by atoms with E-state index < -0.39 is 0 Å². The van der Waals surface area contributed by atoms with Crippen LogP contribution in [0.1, 0.15) is 35.4 Å². The molecule has 3 N–H and O–H groups in total. The molecule has 0 saturated carbocycles. The standard InChI is InChI=1S/C20H27N3O4/c1-26-13-16-15-7-2-3-8-17(15)27-18(16)20(25)22-9-5-11-23-10-4-6-14(12-23)19(21)24/h2-3,7-8,14H,4-6,9-13H2,1H3,(H2,21,24)(H,22,25). The monoisotopic (exact) mass is 373 g/mol. The maximum absolute atomic E-state index is 12.6. The molecule has 146 valence electrons. The van der Waals surface area contributed by atoms with Crippen LogP contribution in [0, 0.1) is 5.92 Å². The number of primary amides is 1. The van der Waals surface area contributed by atoms with E-state index in [0.29, 0.717) is 31.0 Å². The average Bonchev–Trinajstić information content (AvgIpc) is 3.04. The maximum Gasteiger partial charge on any atom is 0.287 e. The molecule has 2 heterocycles. The lowest BCUT2D eigenvalue weighted by Crippen LogP contribution is -2.42. The molecule has 1 unspecified atom stereocenters. The molecule has 7 nitrogen and oxygen atoms in total. The minimum absolute atomic E-state index is 0.0551. The van der Waals surface area contributed by atoms with Gasteiger partial charge in [0.25, 0.3) is 5.91 Å². The number of carbonyl (C=O) groups is 2. The summed E-state index contributed by atoms with van der Waals surface area (Å²) >= 11 is 0. The van der Waals surface area contributed by atoms with Crippen molar-refractivity contribution >= 4 is 22.8 Å². The number of rotatable bonds is 8. The minimum Gasteiger partial charge on any atom is -0.451 e. The Hall–Kier alpha value is -2.38. The molecule has 27 heavy (non-hydrogen) atoms. The molecule has 7 heteroatoms. The summed E-state index contributed by atoms with van der Waals surface area (Å²) < 4.78 is 11.0. The number of ether oxygens (including phenoxy) is 1. The first kappa shape index (κ1) is 19.4. The first-order valence-corrected chi connectivity index (χ1v) is 9.39. The van der Waals surface area contributed by atoms with E-state index in [-0.39, 0.29) is 17.7 Å². The number of carbonyl (C=O) groups excluding carboxylic acids is 2. The van der Waals surface area contributed by atoms with Crippen LogP contribution in [0.4, 0.5) is 0 Å². The maximum atomic E-state index is 12.6. The summed E-state index contributed by atoms with van der Waals surface area (Å²) in [6.07, 6.45) is 2.66. The Morgan fingerprint density at radius 1 is 1.37 bits per heavy atom.